The molecule has 5 heteroatoms. The SMILES string of the molecule is CO.[CH3-].[Cl][Pt+2][Cl].[NH2-]. The van der Waals surface area contributed by atoms with Gasteiger partial charge in [0.25, 0.3) is 0 Å². The normalized spacial score (nSPS) is 4.00. The first kappa shape index (κ1) is 24.1. The summed E-state index contributed by atoms with van der Waals surface area (Å²) in [5, 5.41) is 7.00. The Labute approximate surface area is 61.2 Å². The van der Waals surface area contributed by atoms with Gasteiger partial charge in [-0.15, -0.1) is 0 Å². The zero-order valence-electron chi connectivity index (χ0n) is 4.10. The molecule has 0 bridgehead atoms. The van der Waals surface area contributed by atoms with Gasteiger partial charge in [-0.3, -0.25) is 0 Å². The van der Waals surface area contributed by atoms with Gasteiger partial charge in [-0.1, -0.05) is 0 Å². The molecule has 3 N–H and O–H groups in total. The van der Waals surface area contributed by atoms with Crippen LogP contribution in [-0.2, 0) is 16.5 Å². The Morgan fingerprint density at radius 1 is 1.29 bits per heavy atom. The topological polar surface area (TPSA) is 53.7 Å². The third-order valence-corrected chi connectivity index (χ3v) is 0. The van der Waals surface area contributed by atoms with Crippen molar-refractivity contribution in [3.8, 4) is 0 Å². The van der Waals surface area contributed by atoms with Gasteiger partial charge in [0, 0.05) is 7.11 Å². The van der Waals surface area contributed by atoms with E-state index in [0.717, 1.165) is 7.11 Å². The predicted molar refractivity (Wildman–Crippen MR) is 31.5 cm³/mol. The zero-order chi connectivity index (χ0) is 4.71. The van der Waals surface area contributed by atoms with E-state index in [-0.39, 0.29) is 13.6 Å². The van der Waals surface area contributed by atoms with Crippen molar-refractivity contribution in [3.05, 3.63) is 13.6 Å². The van der Waals surface area contributed by atoms with Crippen LogP contribution in [0.3, 0.4) is 0 Å². The second-order valence-electron chi connectivity index (χ2n) is 0.0452. The Hall–Kier alpha value is 1.19. The molecule has 0 saturated heterocycles. The van der Waals surface area contributed by atoms with Crippen LogP contribution in [0.25, 0.3) is 6.15 Å². The maximum Gasteiger partial charge on any atom is -0.693 e. The maximum absolute atomic E-state index is 7.00. The minimum atomic E-state index is -0.472. The van der Waals surface area contributed by atoms with Crippen LogP contribution in [0.15, 0.2) is 0 Å². The van der Waals surface area contributed by atoms with Crippen molar-refractivity contribution in [2.24, 2.45) is 0 Å². The van der Waals surface area contributed by atoms with Crippen LogP contribution in [0.1, 0.15) is 0 Å². The maximum atomic E-state index is 7.00. The average molecular weight is 329 g/mol. The number of rotatable bonds is 0. The summed E-state index contributed by atoms with van der Waals surface area (Å²) in [5.41, 5.74) is 0. The molecule has 0 aromatic carbocycles. The molecule has 0 unspecified atom stereocenters. The first-order valence-corrected chi connectivity index (χ1v) is 6.32. The summed E-state index contributed by atoms with van der Waals surface area (Å²) < 4.78 is 0. The fourth-order valence-electron chi connectivity index (χ4n) is 0. The van der Waals surface area contributed by atoms with Crippen LogP contribution >= 0.6 is 18.8 Å². The molecule has 0 saturated carbocycles. The van der Waals surface area contributed by atoms with Crippen molar-refractivity contribution in [1.29, 1.82) is 0 Å². The van der Waals surface area contributed by atoms with Crippen LogP contribution in [0.2, 0.25) is 0 Å². The molecule has 0 aliphatic heterocycles. The van der Waals surface area contributed by atoms with Crippen LogP contribution in [0, 0.1) is 7.43 Å². The summed E-state index contributed by atoms with van der Waals surface area (Å²) in [6.45, 7) is 0. The Morgan fingerprint density at radius 2 is 1.29 bits per heavy atom. The van der Waals surface area contributed by atoms with E-state index in [9.17, 15) is 0 Å². The Balaban J connectivity index is -0.0000000105. The summed E-state index contributed by atoms with van der Waals surface area (Å²) in [5.74, 6) is 0. The Morgan fingerprint density at radius 3 is 1.29 bits per heavy atom. The van der Waals surface area contributed by atoms with Gasteiger partial charge >= 0.3 is 35.3 Å². The van der Waals surface area contributed by atoms with Gasteiger partial charge in [0.15, 0.2) is 0 Å². The molecule has 0 aromatic rings. The van der Waals surface area contributed by atoms with Crippen LogP contribution < -0.4 is 0 Å². The molecule has 0 atom stereocenters. The Kier molecular flexibility index (Phi) is 198. The van der Waals surface area contributed by atoms with Crippen molar-refractivity contribution < 1.29 is 21.6 Å². The van der Waals surface area contributed by atoms with Gasteiger partial charge in [0.1, 0.15) is 0 Å². The van der Waals surface area contributed by atoms with E-state index < -0.39 is 16.5 Å². The molecule has 0 aliphatic carbocycles. The first-order valence-electron chi connectivity index (χ1n) is 0.686. The molecule has 2 nitrogen and oxygen atoms in total. The molecule has 0 amide bonds. The molecule has 0 fully saturated rings. The van der Waals surface area contributed by atoms with Gasteiger partial charge < -0.3 is 18.7 Å². The van der Waals surface area contributed by atoms with Crippen molar-refractivity contribution in [2.75, 3.05) is 7.11 Å². The van der Waals surface area contributed by atoms with E-state index >= 15 is 0 Å². The van der Waals surface area contributed by atoms with Crippen molar-refractivity contribution in [2.45, 2.75) is 0 Å². The number of nitrogens with two attached hydrogens (primary N) is 1. The summed E-state index contributed by atoms with van der Waals surface area (Å²) in [6, 6.07) is 0. The molecular weight excluding hydrogens is 320 g/mol. The molecule has 0 aromatic heterocycles. The fraction of sp³-hybridized carbons (Fsp3) is 0.500. The molecule has 0 spiro atoms. The van der Waals surface area contributed by atoms with E-state index in [1.165, 1.54) is 0 Å². The zero-order valence-corrected chi connectivity index (χ0v) is 7.88. The summed E-state index contributed by atoms with van der Waals surface area (Å²) in [6.07, 6.45) is 0. The smallest absolute Gasteiger partial charge is 0.693 e. The largest absolute Gasteiger partial charge is 0.693 e. The minimum Gasteiger partial charge on any atom is -0.693 e. The average Bonchev–Trinajstić information content (AvgIpc) is 1.46. The van der Waals surface area contributed by atoms with Gasteiger partial charge in [0.05, 0.1) is 0 Å². The van der Waals surface area contributed by atoms with Gasteiger partial charge in [-0.05, 0) is 0 Å². The number of aliphatic hydroxyl groups is 1. The molecule has 0 radical (unpaired) electrons. The predicted octanol–water partition coefficient (Wildman–Crippen LogP) is 2.15. The van der Waals surface area contributed by atoms with Crippen molar-refractivity contribution in [3.63, 3.8) is 0 Å². The summed E-state index contributed by atoms with van der Waals surface area (Å²) in [4.78, 5) is 0. The summed E-state index contributed by atoms with van der Waals surface area (Å²) in [7, 11) is 10.8. The van der Waals surface area contributed by atoms with Crippen LogP contribution in [0.4, 0.5) is 0 Å². The number of hydrogen-bond acceptors (Lipinski definition) is 1. The fourth-order valence-corrected chi connectivity index (χ4v) is 0. The number of aliphatic hydroxyl groups excluding tert-OH is 1. The quantitative estimate of drug-likeness (QED) is 0.681. The molecular formula is C2H9Cl2NOPt. The monoisotopic (exact) mass is 328 g/mol. The Bertz CT molecular complexity index is 15.7. The van der Waals surface area contributed by atoms with E-state index in [2.05, 4.69) is 0 Å². The standard InChI is InChI=1S/CH4O.CH3.2ClH.H2N.Pt/c1-2;;;;;/h2H,1H3;1H3;2*1H;1H2;/q;-1;;;-1;+4/p-2. The number of halogens is 2. The molecule has 7 heavy (non-hydrogen) atoms. The van der Waals surface area contributed by atoms with E-state index in [1.807, 2.05) is 0 Å². The van der Waals surface area contributed by atoms with E-state index in [4.69, 9.17) is 23.9 Å². The third kappa shape index (κ3) is 137. The van der Waals surface area contributed by atoms with Gasteiger partial charge in [0.2, 0.25) is 0 Å². The van der Waals surface area contributed by atoms with Crippen molar-refractivity contribution in [1.82, 2.24) is 0 Å². The molecule has 0 aliphatic rings. The third-order valence-electron chi connectivity index (χ3n) is 0. The van der Waals surface area contributed by atoms with E-state index in [0.29, 0.717) is 0 Å². The van der Waals surface area contributed by atoms with Crippen molar-refractivity contribution >= 4 is 18.8 Å². The molecule has 0 heterocycles. The second kappa shape index (κ2) is 57.5. The van der Waals surface area contributed by atoms with Crippen LogP contribution in [0.5, 0.6) is 0 Å². The molecule has 52 valence electrons. The first-order chi connectivity index (χ1) is 2.41. The number of hydrogen-bond donors (Lipinski definition) is 1. The molecule has 0 rings (SSSR count). The summed E-state index contributed by atoms with van der Waals surface area (Å²) >= 11 is -0.472. The van der Waals surface area contributed by atoms with Gasteiger partial charge in [-0.2, -0.15) is 0 Å². The van der Waals surface area contributed by atoms with Crippen LogP contribution in [-0.4, -0.2) is 12.2 Å². The second-order valence-corrected chi connectivity index (χ2v) is 3.33. The van der Waals surface area contributed by atoms with Gasteiger partial charge in [-0.25, -0.2) is 0 Å². The van der Waals surface area contributed by atoms with E-state index in [1.54, 1.807) is 0 Å². The minimum absolute atomic E-state index is 0.